The van der Waals surface area contributed by atoms with Crippen molar-refractivity contribution in [2.24, 2.45) is 5.92 Å². The van der Waals surface area contributed by atoms with Crippen LogP contribution in [-0.4, -0.2) is 57.3 Å². The van der Waals surface area contributed by atoms with E-state index in [2.05, 4.69) is 11.9 Å². The number of pyridine rings is 1. The largest absolute Gasteiger partial charge is 0.444 e. The van der Waals surface area contributed by atoms with Gasteiger partial charge in [-0.3, -0.25) is 14.7 Å². The number of aromatic nitrogens is 1. The number of amides is 2. The molecule has 0 radical (unpaired) electrons. The molecular formula is C20H29N3O3S. The van der Waals surface area contributed by atoms with Crippen molar-refractivity contribution in [3.63, 3.8) is 0 Å². The third-order valence-corrected chi connectivity index (χ3v) is 6.28. The highest BCUT2D eigenvalue weighted by Gasteiger charge is 2.45. The first kappa shape index (κ1) is 20.0. The number of nitrogens with zero attached hydrogens (tertiary/aromatic N) is 3. The number of piperidine rings is 1. The van der Waals surface area contributed by atoms with Gasteiger partial charge in [0.05, 0.1) is 0 Å². The molecule has 0 N–H and O–H groups in total. The minimum atomic E-state index is -0.613. The Kier molecular flexibility index (Phi) is 5.99. The van der Waals surface area contributed by atoms with Crippen LogP contribution in [0.15, 0.2) is 24.5 Å². The molecule has 2 aliphatic heterocycles. The molecule has 7 heteroatoms. The Morgan fingerprint density at radius 2 is 1.96 bits per heavy atom. The van der Waals surface area contributed by atoms with Gasteiger partial charge in [0, 0.05) is 36.8 Å². The van der Waals surface area contributed by atoms with Crippen molar-refractivity contribution in [2.75, 3.05) is 18.8 Å². The first-order chi connectivity index (χ1) is 12.8. The van der Waals surface area contributed by atoms with Crippen molar-refractivity contribution in [1.82, 2.24) is 14.8 Å². The molecule has 2 saturated heterocycles. The number of ether oxygens (including phenoxy) is 1. The average molecular weight is 392 g/mol. The fourth-order valence-electron chi connectivity index (χ4n) is 3.45. The summed E-state index contributed by atoms with van der Waals surface area (Å²) < 4.78 is 5.64. The Hall–Kier alpha value is -1.76. The SMILES string of the molecule is CC1CCN(C(=O)C2CSC(c3cccnc3)N2C(=O)OC(C)(C)C)CC1. The highest BCUT2D eigenvalue weighted by atomic mass is 32.2. The lowest BCUT2D eigenvalue weighted by molar-refractivity contribution is -0.137. The summed E-state index contributed by atoms with van der Waals surface area (Å²) in [6.45, 7) is 9.28. The van der Waals surface area contributed by atoms with Gasteiger partial charge in [0.2, 0.25) is 5.91 Å². The zero-order valence-electron chi connectivity index (χ0n) is 16.6. The molecule has 2 aliphatic rings. The molecule has 148 valence electrons. The zero-order chi connectivity index (χ0) is 19.6. The van der Waals surface area contributed by atoms with Crippen LogP contribution in [0.1, 0.15) is 51.5 Å². The summed E-state index contributed by atoms with van der Waals surface area (Å²) in [6, 6.07) is 3.30. The standard InChI is InChI=1S/C20H29N3O3S/c1-14-7-10-22(11-8-14)17(24)16-13-27-18(15-6-5-9-21-12-15)23(16)19(25)26-20(2,3)4/h5-6,9,12,14,16,18H,7-8,10-11,13H2,1-4H3. The summed E-state index contributed by atoms with van der Waals surface area (Å²) in [5.74, 6) is 1.26. The van der Waals surface area contributed by atoms with Gasteiger partial charge in [-0.2, -0.15) is 0 Å². The van der Waals surface area contributed by atoms with E-state index in [-0.39, 0.29) is 11.3 Å². The first-order valence-electron chi connectivity index (χ1n) is 9.58. The topological polar surface area (TPSA) is 62.7 Å². The van der Waals surface area contributed by atoms with Gasteiger partial charge in [0.1, 0.15) is 17.0 Å². The predicted octanol–water partition coefficient (Wildman–Crippen LogP) is 3.69. The molecule has 2 unspecified atom stereocenters. The van der Waals surface area contributed by atoms with Crippen molar-refractivity contribution in [1.29, 1.82) is 0 Å². The van der Waals surface area contributed by atoms with Gasteiger partial charge >= 0.3 is 6.09 Å². The highest BCUT2D eigenvalue weighted by Crippen LogP contribution is 2.42. The second-order valence-corrected chi connectivity index (χ2v) is 9.50. The molecule has 6 nitrogen and oxygen atoms in total. The van der Waals surface area contributed by atoms with Crippen molar-refractivity contribution in [3.05, 3.63) is 30.1 Å². The minimum absolute atomic E-state index is 0.0339. The quantitative estimate of drug-likeness (QED) is 0.769. The van der Waals surface area contributed by atoms with E-state index >= 15 is 0 Å². The number of hydrogen-bond donors (Lipinski definition) is 0. The van der Waals surface area contributed by atoms with Crippen LogP contribution in [-0.2, 0) is 9.53 Å². The molecule has 1 aromatic heterocycles. The number of rotatable bonds is 2. The smallest absolute Gasteiger partial charge is 0.412 e. The Labute approximate surface area is 165 Å². The number of carbonyl (C=O) groups is 2. The summed E-state index contributed by atoms with van der Waals surface area (Å²) in [4.78, 5) is 33.9. The molecule has 2 atom stereocenters. The molecule has 3 heterocycles. The van der Waals surface area contributed by atoms with E-state index in [4.69, 9.17) is 4.74 Å². The Balaban J connectivity index is 1.83. The molecule has 1 aromatic rings. The van der Waals surface area contributed by atoms with Crippen LogP contribution in [0.25, 0.3) is 0 Å². The van der Waals surface area contributed by atoms with Crippen LogP contribution in [0.2, 0.25) is 0 Å². The van der Waals surface area contributed by atoms with Gasteiger partial charge in [-0.1, -0.05) is 13.0 Å². The summed E-state index contributed by atoms with van der Waals surface area (Å²) in [5, 5.41) is -0.258. The summed E-state index contributed by atoms with van der Waals surface area (Å²) in [5.41, 5.74) is 0.300. The maximum Gasteiger partial charge on any atom is 0.412 e. The zero-order valence-corrected chi connectivity index (χ0v) is 17.4. The van der Waals surface area contributed by atoms with Crippen LogP contribution < -0.4 is 0 Å². The number of hydrogen-bond acceptors (Lipinski definition) is 5. The van der Waals surface area contributed by atoms with E-state index in [1.165, 1.54) is 0 Å². The minimum Gasteiger partial charge on any atom is -0.444 e. The number of carbonyl (C=O) groups excluding carboxylic acids is 2. The Morgan fingerprint density at radius 3 is 2.56 bits per heavy atom. The second kappa shape index (κ2) is 8.09. The van der Waals surface area contributed by atoms with Gasteiger partial charge < -0.3 is 9.64 Å². The van der Waals surface area contributed by atoms with Crippen LogP contribution in [0.5, 0.6) is 0 Å². The summed E-state index contributed by atoms with van der Waals surface area (Å²) in [7, 11) is 0. The molecule has 0 aromatic carbocycles. The predicted molar refractivity (Wildman–Crippen MR) is 106 cm³/mol. The number of thioether (sulfide) groups is 1. The van der Waals surface area contributed by atoms with E-state index in [0.29, 0.717) is 11.7 Å². The van der Waals surface area contributed by atoms with Gasteiger partial charge in [0.25, 0.3) is 0 Å². The van der Waals surface area contributed by atoms with Crippen molar-refractivity contribution in [2.45, 2.75) is 57.6 Å². The third kappa shape index (κ3) is 4.75. The first-order valence-corrected chi connectivity index (χ1v) is 10.6. The number of likely N-dealkylation sites (tertiary alicyclic amines) is 1. The lowest BCUT2D eigenvalue weighted by Crippen LogP contribution is -2.52. The maximum absolute atomic E-state index is 13.2. The molecule has 2 fully saturated rings. The average Bonchev–Trinajstić information content (AvgIpc) is 3.06. The van der Waals surface area contributed by atoms with Crippen LogP contribution >= 0.6 is 11.8 Å². The van der Waals surface area contributed by atoms with Crippen LogP contribution in [0.3, 0.4) is 0 Å². The molecule has 2 amide bonds. The van der Waals surface area contributed by atoms with Gasteiger partial charge in [-0.15, -0.1) is 11.8 Å². The monoisotopic (exact) mass is 391 g/mol. The van der Waals surface area contributed by atoms with E-state index < -0.39 is 17.7 Å². The third-order valence-electron chi connectivity index (χ3n) is 4.95. The molecule has 3 rings (SSSR count). The molecule has 0 bridgehead atoms. The van der Waals surface area contributed by atoms with Gasteiger partial charge in [-0.05, 0) is 45.6 Å². The Bertz CT molecular complexity index is 669. The maximum atomic E-state index is 13.2. The molecule has 0 aliphatic carbocycles. The molecule has 0 spiro atoms. The summed E-state index contributed by atoms with van der Waals surface area (Å²) in [6.07, 6.45) is 5.06. The van der Waals surface area contributed by atoms with Crippen LogP contribution in [0, 0.1) is 5.92 Å². The highest BCUT2D eigenvalue weighted by molar-refractivity contribution is 7.99. The van der Waals surface area contributed by atoms with E-state index in [1.807, 2.05) is 37.8 Å². The normalized spacial score (nSPS) is 24.1. The fraction of sp³-hybridized carbons (Fsp3) is 0.650. The summed E-state index contributed by atoms with van der Waals surface area (Å²) >= 11 is 1.60. The Morgan fingerprint density at radius 1 is 1.26 bits per heavy atom. The fourth-order valence-corrected chi connectivity index (χ4v) is 4.85. The van der Waals surface area contributed by atoms with Crippen molar-refractivity contribution in [3.8, 4) is 0 Å². The second-order valence-electron chi connectivity index (χ2n) is 8.38. The molecule has 0 saturated carbocycles. The van der Waals surface area contributed by atoms with Crippen LogP contribution in [0.4, 0.5) is 4.79 Å². The van der Waals surface area contributed by atoms with Gasteiger partial charge in [0.15, 0.2) is 0 Å². The van der Waals surface area contributed by atoms with Crippen molar-refractivity contribution < 1.29 is 14.3 Å². The van der Waals surface area contributed by atoms with E-state index in [9.17, 15) is 9.59 Å². The van der Waals surface area contributed by atoms with Crippen molar-refractivity contribution >= 4 is 23.8 Å². The van der Waals surface area contributed by atoms with Gasteiger partial charge in [-0.25, -0.2) is 4.79 Å². The molecule has 27 heavy (non-hydrogen) atoms. The lowest BCUT2D eigenvalue weighted by Gasteiger charge is -2.36. The molecular weight excluding hydrogens is 362 g/mol. The van der Waals surface area contributed by atoms with E-state index in [0.717, 1.165) is 31.5 Å². The lowest BCUT2D eigenvalue weighted by atomic mass is 9.98. The van der Waals surface area contributed by atoms with E-state index in [1.54, 1.807) is 29.1 Å².